The van der Waals surface area contributed by atoms with Gasteiger partial charge >= 0.3 is 6.18 Å². The standard InChI is InChI=1S/C27H24F3N3O3S/c1-18(31-12-22-6-3-9-34-22)23-16-37-26(32-23)15-33(13-19-4-2-5-21(10-19)27(28,29)30)14-20-7-8-24-25(11-20)36-17-35-24/h2-11,16,31H,1,12-15,17H2. The molecule has 0 aliphatic carbocycles. The smallest absolute Gasteiger partial charge is 0.416 e. The molecule has 0 spiro atoms. The Morgan fingerprint density at radius 3 is 2.59 bits per heavy atom. The van der Waals surface area contributed by atoms with Crippen LogP contribution in [0.5, 0.6) is 11.5 Å². The number of ether oxygens (including phenoxy) is 2. The number of halogens is 3. The molecule has 0 saturated carbocycles. The van der Waals surface area contributed by atoms with E-state index in [1.54, 1.807) is 12.3 Å². The normalized spacial score (nSPS) is 12.8. The molecule has 2 aromatic carbocycles. The van der Waals surface area contributed by atoms with Crippen LogP contribution in [0.3, 0.4) is 0 Å². The number of furan rings is 1. The average molecular weight is 528 g/mol. The number of hydrogen-bond donors (Lipinski definition) is 1. The van der Waals surface area contributed by atoms with E-state index >= 15 is 0 Å². The summed E-state index contributed by atoms with van der Waals surface area (Å²) in [6.07, 6.45) is -2.79. The molecule has 1 N–H and O–H groups in total. The summed E-state index contributed by atoms with van der Waals surface area (Å²) in [5.41, 5.74) is 2.24. The number of rotatable bonds is 10. The van der Waals surface area contributed by atoms with Gasteiger partial charge in [-0.15, -0.1) is 11.3 Å². The Morgan fingerprint density at radius 1 is 1.00 bits per heavy atom. The molecule has 5 rings (SSSR count). The molecule has 0 fully saturated rings. The first kappa shape index (κ1) is 24.9. The largest absolute Gasteiger partial charge is 0.467 e. The van der Waals surface area contributed by atoms with Crippen LogP contribution in [0.2, 0.25) is 0 Å². The summed E-state index contributed by atoms with van der Waals surface area (Å²) in [4.78, 5) is 6.76. The van der Waals surface area contributed by atoms with Gasteiger partial charge in [-0.25, -0.2) is 4.98 Å². The predicted octanol–water partition coefficient (Wildman–Crippen LogP) is 6.45. The Kier molecular flexibility index (Phi) is 7.20. The van der Waals surface area contributed by atoms with Crippen LogP contribution in [0, 0.1) is 0 Å². The number of nitrogens with zero attached hydrogens (tertiary/aromatic N) is 2. The fourth-order valence-corrected chi connectivity index (χ4v) is 4.83. The van der Waals surface area contributed by atoms with Crippen LogP contribution < -0.4 is 14.8 Å². The average Bonchev–Trinajstić information content (AvgIpc) is 3.64. The summed E-state index contributed by atoms with van der Waals surface area (Å²) in [7, 11) is 0. The van der Waals surface area contributed by atoms with Crippen molar-refractivity contribution in [3.05, 3.63) is 106 Å². The van der Waals surface area contributed by atoms with E-state index in [1.807, 2.05) is 35.7 Å². The van der Waals surface area contributed by atoms with Crippen LogP contribution in [0.15, 0.2) is 77.2 Å². The third kappa shape index (κ3) is 6.33. The first-order valence-corrected chi connectivity index (χ1v) is 12.4. The molecule has 3 heterocycles. The van der Waals surface area contributed by atoms with E-state index in [4.69, 9.17) is 18.9 Å². The summed E-state index contributed by atoms with van der Waals surface area (Å²) in [5.74, 6) is 2.12. The van der Waals surface area contributed by atoms with Gasteiger partial charge in [0, 0.05) is 18.5 Å². The third-order valence-electron chi connectivity index (χ3n) is 5.78. The summed E-state index contributed by atoms with van der Waals surface area (Å²) >= 11 is 1.48. The van der Waals surface area contributed by atoms with Crippen LogP contribution in [-0.4, -0.2) is 16.7 Å². The minimum absolute atomic E-state index is 0.173. The van der Waals surface area contributed by atoms with Crippen LogP contribution in [0.25, 0.3) is 5.70 Å². The van der Waals surface area contributed by atoms with Gasteiger partial charge in [0.2, 0.25) is 6.79 Å². The number of fused-ring (bicyclic) bond motifs is 1. The Balaban J connectivity index is 1.32. The van der Waals surface area contributed by atoms with Crippen molar-refractivity contribution in [2.75, 3.05) is 6.79 Å². The number of alkyl halides is 3. The highest BCUT2D eigenvalue weighted by Gasteiger charge is 2.30. The van der Waals surface area contributed by atoms with E-state index in [-0.39, 0.29) is 6.79 Å². The quantitative estimate of drug-likeness (QED) is 0.256. The van der Waals surface area contributed by atoms with Gasteiger partial charge in [0.25, 0.3) is 0 Å². The zero-order chi connectivity index (χ0) is 25.8. The fourth-order valence-electron chi connectivity index (χ4n) is 3.98. The van der Waals surface area contributed by atoms with E-state index in [0.717, 1.165) is 22.4 Å². The molecule has 37 heavy (non-hydrogen) atoms. The number of aromatic nitrogens is 1. The third-order valence-corrected chi connectivity index (χ3v) is 6.61. The van der Waals surface area contributed by atoms with Crippen LogP contribution in [-0.2, 0) is 32.4 Å². The summed E-state index contributed by atoms with van der Waals surface area (Å²) in [5, 5.41) is 5.94. The fraction of sp³-hybridized carbons (Fsp3) is 0.222. The van der Waals surface area contributed by atoms with E-state index in [9.17, 15) is 13.2 Å². The zero-order valence-electron chi connectivity index (χ0n) is 19.8. The van der Waals surface area contributed by atoms with E-state index in [2.05, 4.69) is 16.8 Å². The van der Waals surface area contributed by atoms with Crippen molar-refractivity contribution in [2.24, 2.45) is 0 Å². The van der Waals surface area contributed by atoms with Gasteiger partial charge in [-0.3, -0.25) is 4.90 Å². The molecule has 192 valence electrons. The molecule has 0 unspecified atom stereocenters. The Morgan fingerprint density at radius 2 is 1.81 bits per heavy atom. The Labute approximate surface area is 216 Å². The molecule has 2 aromatic heterocycles. The van der Waals surface area contributed by atoms with Gasteiger partial charge in [0.05, 0.1) is 36.3 Å². The van der Waals surface area contributed by atoms with Crippen LogP contribution in [0.4, 0.5) is 13.2 Å². The van der Waals surface area contributed by atoms with Gasteiger partial charge in [0.15, 0.2) is 11.5 Å². The van der Waals surface area contributed by atoms with Crippen molar-refractivity contribution < 1.29 is 27.1 Å². The van der Waals surface area contributed by atoms with Crippen molar-refractivity contribution in [2.45, 2.75) is 32.4 Å². The molecular formula is C27H24F3N3O3S. The molecule has 0 bridgehead atoms. The molecule has 1 aliphatic rings. The first-order valence-electron chi connectivity index (χ1n) is 11.5. The van der Waals surface area contributed by atoms with Crippen molar-refractivity contribution in [1.29, 1.82) is 0 Å². The molecule has 0 saturated heterocycles. The van der Waals surface area contributed by atoms with Crippen molar-refractivity contribution in [1.82, 2.24) is 15.2 Å². The summed E-state index contributed by atoms with van der Waals surface area (Å²) in [6.45, 7) is 5.97. The van der Waals surface area contributed by atoms with Gasteiger partial charge in [-0.1, -0.05) is 30.8 Å². The second kappa shape index (κ2) is 10.7. The highest BCUT2D eigenvalue weighted by Crippen LogP contribution is 2.34. The number of nitrogens with one attached hydrogen (secondary N) is 1. The second-order valence-electron chi connectivity index (χ2n) is 8.57. The number of hydrogen-bond acceptors (Lipinski definition) is 7. The maximum absolute atomic E-state index is 13.3. The number of benzene rings is 2. The van der Waals surface area contributed by atoms with E-state index < -0.39 is 11.7 Å². The maximum atomic E-state index is 13.3. The highest BCUT2D eigenvalue weighted by atomic mass is 32.1. The van der Waals surface area contributed by atoms with Crippen molar-refractivity contribution >= 4 is 17.0 Å². The maximum Gasteiger partial charge on any atom is 0.416 e. The topological polar surface area (TPSA) is 59.8 Å². The zero-order valence-corrected chi connectivity index (χ0v) is 20.6. The summed E-state index contributed by atoms with van der Waals surface area (Å²) < 4.78 is 56.1. The van der Waals surface area contributed by atoms with Gasteiger partial charge < -0.3 is 19.2 Å². The van der Waals surface area contributed by atoms with E-state index in [1.165, 1.54) is 23.5 Å². The lowest BCUT2D eigenvalue weighted by Gasteiger charge is -2.22. The monoisotopic (exact) mass is 527 g/mol. The molecule has 0 atom stereocenters. The second-order valence-corrected chi connectivity index (χ2v) is 9.51. The van der Waals surface area contributed by atoms with Crippen molar-refractivity contribution in [3.8, 4) is 11.5 Å². The first-order chi connectivity index (χ1) is 17.8. The SMILES string of the molecule is C=C(NCc1ccco1)c1csc(CN(Cc2cccc(C(F)(F)F)c2)Cc2ccc3c(c2)OCO3)n1. The van der Waals surface area contributed by atoms with Crippen LogP contribution in [0.1, 0.15) is 33.2 Å². The minimum Gasteiger partial charge on any atom is -0.467 e. The predicted molar refractivity (Wildman–Crippen MR) is 134 cm³/mol. The lowest BCUT2D eigenvalue weighted by atomic mass is 10.1. The lowest BCUT2D eigenvalue weighted by molar-refractivity contribution is -0.137. The lowest BCUT2D eigenvalue weighted by Crippen LogP contribution is -2.23. The Bertz CT molecular complexity index is 1370. The molecule has 0 amide bonds. The molecule has 10 heteroatoms. The van der Waals surface area contributed by atoms with Crippen LogP contribution >= 0.6 is 11.3 Å². The molecular weight excluding hydrogens is 503 g/mol. The highest BCUT2D eigenvalue weighted by molar-refractivity contribution is 7.09. The van der Waals surface area contributed by atoms with Crippen molar-refractivity contribution in [3.63, 3.8) is 0 Å². The number of thiazole rings is 1. The van der Waals surface area contributed by atoms with E-state index in [0.29, 0.717) is 54.6 Å². The minimum atomic E-state index is -4.40. The molecule has 1 aliphatic heterocycles. The molecule has 4 aromatic rings. The summed E-state index contributed by atoms with van der Waals surface area (Å²) in [6, 6.07) is 14.8. The molecule has 6 nitrogen and oxygen atoms in total. The Hall–Kier alpha value is -3.76. The van der Waals surface area contributed by atoms with Gasteiger partial charge in [-0.2, -0.15) is 13.2 Å². The van der Waals surface area contributed by atoms with Gasteiger partial charge in [-0.05, 0) is 41.5 Å². The van der Waals surface area contributed by atoms with Gasteiger partial charge in [0.1, 0.15) is 10.8 Å². The molecule has 0 radical (unpaired) electrons.